The van der Waals surface area contributed by atoms with Crippen LogP contribution in [0.15, 0.2) is 29.9 Å². The third kappa shape index (κ3) is 3.90. The van der Waals surface area contributed by atoms with Crippen LogP contribution in [0.4, 0.5) is 5.82 Å². The van der Waals surface area contributed by atoms with E-state index in [2.05, 4.69) is 15.3 Å². The number of hydrogen-bond acceptors (Lipinski definition) is 6. The third-order valence-corrected chi connectivity index (χ3v) is 5.89. The average molecular weight is 430 g/mol. The fourth-order valence-electron chi connectivity index (χ4n) is 3.16. The van der Waals surface area contributed by atoms with Gasteiger partial charge in [0.1, 0.15) is 11.5 Å². The van der Waals surface area contributed by atoms with E-state index in [1.807, 2.05) is 44.5 Å². The van der Waals surface area contributed by atoms with Crippen LogP contribution in [0.1, 0.15) is 27.2 Å². The van der Waals surface area contributed by atoms with Gasteiger partial charge < -0.3 is 15.4 Å². The van der Waals surface area contributed by atoms with E-state index in [9.17, 15) is 9.90 Å². The van der Waals surface area contributed by atoms with E-state index < -0.39 is 5.97 Å². The molecule has 4 rings (SSSR count). The maximum absolute atomic E-state index is 11.4. The lowest BCUT2D eigenvalue weighted by molar-refractivity contribution is -0.137. The van der Waals surface area contributed by atoms with E-state index in [0.29, 0.717) is 22.3 Å². The lowest BCUT2D eigenvalue weighted by Crippen LogP contribution is -2.36. The molecule has 0 saturated heterocycles. The Morgan fingerprint density at radius 2 is 2.17 bits per heavy atom. The molecule has 1 atom stereocenters. The first-order valence-corrected chi connectivity index (χ1v) is 10.3. The van der Waals surface area contributed by atoms with Gasteiger partial charge in [-0.05, 0) is 22.9 Å². The van der Waals surface area contributed by atoms with Crippen molar-refractivity contribution in [2.45, 2.75) is 33.2 Å². The summed E-state index contributed by atoms with van der Waals surface area (Å²) < 4.78 is 0.893. The van der Waals surface area contributed by atoms with Gasteiger partial charge in [-0.2, -0.15) is 0 Å². The van der Waals surface area contributed by atoms with Crippen molar-refractivity contribution in [3.8, 4) is 11.4 Å². The summed E-state index contributed by atoms with van der Waals surface area (Å²) in [7, 11) is 0. The van der Waals surface area contributed by atoms with Crippen LogP contribution in [0.2, 0.25) is 5.02 Å². The van der Waals surface area contributed by atoms with Crippen molar-refractivity contribution < 1.29 is 9.90 Å². The summed E-state index contributed by atoms with van der Waals surface area (Å²) in [5, 5.41) is 16.0. The smallest absolute Gasteiger partial charge is 0.305 e. The monoisotopic (exact) mass is 429 g/mol. The third-order valence-electron chi connectivity index (χ3n) is 4.78. The Labute approximate surface area is 176 Å². The second kappa shape index (κ2) is 7.27. The van der Waals surface area contributed by atoms with Gasteiger partial charge in [-0.1, -0.05) is 32.4 Å². The zero-order valence-electron chi connectivity index (χ0n) is 16.2. The molecule has 4 aromatic heterocycles. The van der Waals surface area contributed by atoms with Gasteiger partial charge in [0.2, 0.25) is 0 Å². The van der Waals surface area contributed by atoms with Gasteiger partial charge in [0.05, 0.1) is 21.7 Å². The van der Waals surface area contributed by atoms with Gasteiger partial charge in [0.25, 0.3) is 0 Å². The molecule has 4 heterocycles. The second-order valence-electron chi connectivity index (χ2n) is 7.94. The Hall–Kier alpha value is -2.71. The van der Waals surface area contributed by atoms with Gasteiger partial charge in [-0.25, -0.2) is 15.0 Å². The molecule has 0 aliphatic carbocycles. The summed E-state index contributed by atoms with van der Waals surface area (Å²) >= 11 is 7.65. The van der Waals surface area contributed by atoms with E-state index in [0.717, 1.165) is 21.2 Å². The number of nitrogens with zero attached hydrogens (tertiary/aromatic N) is 3. The van der Waals surface area contributed by atoms with Crippen LogP contribution in [0.3, 0.4) is 0 Å². The first-order valence-electron chi connectivity index (χ1n) is 9.09. The number of carbonyl (C=O) groups is 1. The number of hydrogen-bond donors (Lipinski definition) is 3. The number of H-pyrrole nitrogens is 1. The SMILES string of the molecule is CC(C)(C)[C@@H](CC(=O)O)Nc1nc(-c2c[nH]c3ncc(Cl)cc23)nc2ccsc12. The zero-order valence-corrected chi connectivity index (χ0v) is 17.7. The topological polar surface area (TPSA) is 104 Å². The molecular weight excluding hydrogens is 410 g/mol. The summed E-state index contributed by atoms with van der Waals surface area (Å²) in [6.07, 6.45) is 3.38. The minimum Gasteiger partial charge on any atom is -0.481 e. The summed E-state index contributed by atoms with van der Waals surface area (Å²) in [5.41, 5.74) is 2.02. The van der Waals surface area contributed by atoms with Crippen LogP contribution in [0, 0.1) is 5.41 Å². The van der Waals surface area contributed by atoms with Gasteiger partial charge in [-0.15, -0.1) is 11.3 Å². The summed E-state index contributed by atoms with van der Waals surface area (Å²) in [5.74, 6) is 0.300. The van der Waals surface area contributed by atoms with Crippen LogP contribution in [-0.2, 0) is 4.79 Å². The standard InChI is InChI=1S/C20H20ClN5O2S/c1-20(2,3)14(7-15(27)28)25-19-16-13(4-5-29-16)24-18(26-19)12-9-23-17-11(12)6-10(21)8-22-17/h4-6,8-9,14H,7H2,1-3H3,(H,22,23)(H,27,28)(H,24,25,26)/t14-/m1/s1. The Bertz CT molecular complexity index is 1210. The minimum absolute atomic E-state index is 0.0116. The highest BCUT2D eigenvalue weighted by Crippen LogP contribution is 2.34. The molecule has 0 aromatic carbocycles. The van der Waals surface area contributed by atoms with Crippen molar-refractivity contribution >= 4 is 56.0 Å². The lowest BCUT2D eigenvalue weighted by atomic mass is 9.85. The van der Waals surface area contributed by atoms with Gasteiger partial charge in [0.15, 0.2) is 5.82 Å². The molecule has 0 aliphatic rings. The number of rotatable bonds is 5. The molecule has 0 aliphatic heterocycles. The number of aromatic amines is 1. The number of pyridine rings is 1. The maximum atomic E-state index is 11.4. The Morgan fingerprint density at radius 1 is 1.38 bits per heavy atom. The fourth-order valence-corrected chi connectivity index (χ4v) is 4.10. The predicted octanol–water partition coefficient (Wildman–Crippen LogP) is 5.19. The summed E-state index contributed by atoms with van der Waals surface area (Å²) in [6, 6.07) is 3.46. The van der Waals surface area contributed by atoms with E-state index in [4.69, 9.17) is 21.6 Å². The molecule has 4 aromatic rings. The molecule has 9 heteroatoms. The van der Waals surface area contributed by atoms with Crippen molar-refractivity contribution in [2.24, 2.45) is 5.41 Å². The Kier molecular flexibility index (Phi) is 4.92. The molecule has 150 valence electrons. The van der Waals surface area contributed by atoms with E-state index >= 15 is 0 Å². The number of thiophene rings is 1. The molecule has 0 spiro atoms. The van der Waals surface area contributed by atoms with Crippen molar-refractivity contribution in [3.05, 3.63) is 34.9 Å². The van der Waals surface area contributed by atoms with Crippen molar-refractivity contribution in [1.29, 1.82) is 0 Å². The van der Waals surface area contributed by atoms with Crippen molar-refractivity contribution in [2.75, 3.05) is 5.32 Å². The molecule has 3 N–H and O–H groups in total. The van der Waals surface area contributed by atoms with E-state index in [1.54, 1.807) is 6.20 Å². The number of anilines is 1. The molecule has 0 unspecified atom stereocenters. The number of fused-ring (bicyclic) bond motifs is 2. The molecule has 0 amide bonds. The number of carboxylic acid groups (broad SMARTS) is 1. The molecular formula is C20H20ClN5O2S. The number of nitrogens with one attached hydrogen (secondary N) is 2. The summed E-state index contributed by atoms with van der Waals surface area (Å²) in [4.78, 5) is 28.3. The quantitative estimate of drug-likeness (QED) is 0.403. The number of halogens is 1. The molecule has 0 fully saturated rings. The first kappa shape index (κ1) is 19.6. The Morgan fingerprint density at radius 3 is 2.90 bits per heavy atom. The lowest BCUT2D eigenvalue weighted by Gasteiger charge is -2.31. The largest absolute Gasteiger partial charge is 0.481 e. The average Bonchev–Trinajstić information content (AvgIpc) is 3.26. The normalized spacial score (nSPS) is 13.1. The number of aliphatic carboxylic acids is 1. The maximum Gasteiger partial charge on any atom is 0.305 e. The Balaban J connectivity index is 1.84. The zero-order chi connectivity index (χ0) is 20.8. The molecule has 0 bridgehead atoms. The van der Waals surface area contributed by atoms with Gasteiger partial charge >= 0.3 is 5.97 Å². The summed E-state index contributed by atoms with van der Waals surface area (Å²) in [6.45, 7) is 6.03. The van der Waals surface area contributed by atoms with E-state index in [-0.39, 0.29) is 17.9 Å². The van der Waals surface area contributed by atoms with Crippen molar-refractivity contribution in [1.82, 2.24) is 19.9 Å². The predicted molar refractivity (Wildman–Crippen MR) is 117 cm³/mol. The van der Waals surface area contributed by atoms with Gasteiger partial charge in [0, 0.05) is 29.4 Å². The number of carboxylic acids is 1. The van der Waals surface area contributed by atoms with Crippen molar-refractivity contribution in [3.63, 3.8) is 0 Å². The van der Waals surface area contributed by atoms with Crippen LogP contribution in [0.25, 0.3) is 32.6 Å². The number of aromatic nitrogens is 4. The molecule has 0 radical (unpaired) electrons. The second-order valence-corrected chi connectivity index (χ2v) is 9.30. The highest BCUT2D eigenvalue weighted by molar-refractivity contribution is 7.17. The highest BCUT2D eigenvalue weighted by Gasteiger charge is 2.28. The highest BCUT2D eigenvalue weighted by atomic mass is 35.5. The van der Waals surface area contributed by atoms with Gasteiger partial charge in [-0.3, -0.25) is 4.79 Å². The minimum atomic E-state index is -0.855. The van der Waals surface area contributed by atoms with Crippen LogP contribution < -0.4 is 5.32 Å². The van der Waals surface area contributed by atoms with Crippen LogP contribution >= 0.6 is 22.9 Å². The van der Waals surface area contributed by atoms with E-state index in [1.165, 1.54) is 11.3 Å². The molecule has 7 nitrogen and oxygen atoms in total. The van der Waals surface area contributed by atoms with Crippen LogP contribution in [-0.4, -0.2) is 37.1 Å². The fraction of sp³-hybridized carbons (Fsp3) is 0.300. The van der Waals surface area contributed by atoms with Crippen LogP contribution in [0.5, 0.6) is 0 Å². The molecule has 0 saturated carbocycles. The molecule has 29 heavy (non-hydrogen) atoms. The first-order chi connectivity index (χ1) is 13.7.